The molecule has 14 heavy (non-hydrogen) atoms. The van der Waals surface area contributed by atoms with E-state index >= 15 is 0 Å². The lowest BCUT2D eigenvalue weighted by molar-refractivity contribution is 0.167. The summed E-state index contributed by atoms with van der Waals surface area (Å²) in [5, 5.41) is 2.43. The Labute approximate surface area is 85.4 Å². The maximum Gasteiger partial charge on any atom is 0.414 e. The van der Waals surface area contributed by atoms with Gasteiger partial charge in [-0.15, -0.1) is 0 Å². The lowest BCUT2D eigenvalue weighted by Gasteiger charge is -2.03. The first kappa shape index (κ1) is 10.5. The number of nitrogens with two attached hydrogens (primary N) is 1. The Kier molecular flexibility index (Phi) is 3.47. The number of ether oxygens (including phenoxy) is 1. The van der Waals surface area contributed by atoms with Crippen LogP contribution in [0.1, 0.15) is 6.92 Å². The minimum Gasteiger partial charge on any atom is -0.450 e. The van der Waals surface area contributed by atoms with Crippen LogP contribution in [0.15, 0.2) is 6.07 Å². The van der Waals surface area contributed by atoms with Crippen LogP contribution in [0.4, 0.5) is 16.6 Å². The molecule has 6 nitrogen and oxygen atoms in total. The molecule has 3 N–H and O–H groups in total. The predicted octanol–water partition coefficient (Wildman–Crippen LogP) is 1.28. The van der Waals surface area contributed by atoms with Gasteiger partial charge in [0.2, 0.25) is 5.95 Å². The SMILES string of the molecule is CCOC(=O)Nc1nc(N)cc(Cl)n1. The Hall–Kier alpha value is -1.56. The van der Waals surface area contributed by atoms with Crippen LogP contribution < -0.4 is 11.1 Å². The number of hydrogen-bond donors (Lipinski definition) is 2. The second-order valence-corrected chi connectivity index (χ2v) is 2.67. The molecule has 0 fully saturated rings. The third-order valence-corrected chi connectivity index (χ3v) is 1.40. The van der Waals surface area contributed by atoms with E-state index in [4.69, 9.17) is 17.3 Å². The van der Waals surface area contributed by atoms with Gasteiger partial charge in [0.05, 0.1) is 6.61 Å². The zero-order valence-corrected chi connectivity index (χ0v) is 8.21. The van der Waals surface area contributed by atoms with E-state index in [9.17, 15) is 4.79 Å². The zero-order chi connectivity index (χ0) is 10.6. The molecule has 0 aliphatic rings. The lowest BCUT2D eigenvalue weighted by Crippen LogP contribution is -2.15. The molecular formula is C7H9ClN4O2. The summed E-state index contributed by atoms with van der Waals surface area (Å²) in [6, 6.07) is 1.37. The van der Waals surface area contributed by atoms with Gasteiger partial charge in [-0.05, 0) is 6.92 Å². The molecule has 7 heteroatoms. The van der Waals surface area contributed by atoms with Crippen molar-refractivity contribution in [1.29, 1.82) is 0 Å². The zero-order valence-electron chi connectivity index (χ0n) is 7.45. The first-order chi connectivity index (χ1) is 6.61. The molecule has 1 aromatic rings. The number of carbonyl (C=O) groups excluding carboxylic acids is 1. The molecule has 0 aliphatic carbocycles. The number of anilines is 2. The minimum atomic E-state index is -0.644. The van der Waals surface area contributed by atoms with Crippen LogP contribution in [0.5, 0.6) is 0 Å². The molecule has 0 spiro atoms. The van der Waals surface area contributed by atoms with Gasteiger partial charge in [0.15, 0.2) is 0 Å². The summed E-state index contributed by atoms with van der Waals surface area (Å²) < 4.78 is 4.61. The highest BCUT2D eigenvalue weighted by Gasteiger charge is 2.05. The molecule has 0 aliphatic heterocycles. The Balaban J connectivity index is 2.71. The van der Waals surface area contributed by atoms with Gasteiger partial charge in [-0.2, -0.15) is 4.98 Å². The number of nitrogen functional groups attached to an aromatic ring is 1. The fraction of sp³-hybridized carbons (Fsp3) is 0.286. The van der Waals surface area contributed by atoms with Gasteiger partial charge in [0.25, 0.3) is 0 Å². The Bertz CT molecular complexity index is 324. The summed E-state index contributed by atoms with van der Waals surface area (Å²) in [5.41, 5.74) is 5.38. The van der Waals surface area contributed by atoms with E-state index in [0.717, 1.165) is 0 Å². The van der Waals surface area contributed by atoms with E-state index in [1.165, 1.54) is 6.07 Å². The molecular weight excluding hydrogens is 208 g/mol. The van der Waals surface area contributed by atoms with Gasteiger partial charge in [0, 0.05) is 6.07 Å². The molecule has 0 aromatic carbocycles. The van der Waals surface area contributed by atoms with Crippen LogP contribution in [0, 0.1) is 0 Å². The Morgan fingerprint density at radius 1 is 1.71 bits per heavy atom. The van der Waals surface area contributed by atoms with Crippen LogP contribution in [-0.4, -0.2) is 22.7 Å². The molecule has 76 valence electrons. The van der Waals surface area contributed by atoms with Crippen molar-refractivity contribution in [3.05, 3.63) is 11.2 Å². The number of hydrogen-bond acceptors (Lipinski definition) is 5. The standard InChI is InChI=1S/C7H9ClN4O2/c1-2-14-7(13)12-6-10-4(8)3-5(9)11-6/h3H,2H2,1H3,(H3,9,10,11,12,13). The summed E-state index contributed by atoms with van der Waals surface area (Å²) in [7, 11) is 0. The van der Waals surface area contributed by atoms with Gasteiger partial charge in [-0.25, -0.2) is 9.78 Å². The van der Waals surface area contributed by atoms with Crippen LogP contribution in [0.2, 0.25) is 5.15 Å². The molecule has 0 bridgehead atoms. The summed E-state index contributed by atoms with van der Waals surface area (Å²) in [4.78, 5) is 18.4. The normalized spacial score (nSPS) is 9.57. The van der Waals surface area contributed by atoms with Crippen molar-refractivity contribution in [3.63, 3.8) is 0 Å². The number of nitrogens with zero attached hydrogens (tertiary/aromatic N) is 2. The summed E-state index contributed by atoms with van der Waals surface area (Å²) in [6.45, 7) is 1.95. The first-order valence-electron chi connectivity index (χ1n) is 3.85. The number of rotatable bonds is 2. The maximum atomic E-state index is 10.9. The molecule has 1 rings (SSSR count). The molecule has 1 aromatic heterocycles. The number of amides is 1. The predicted molar refractivity (Wildman–Crippen MR) is 52.1 cm³/mol. The molecule has 0 unspecified atom stereocenters. The van der Waals surface area contributed by atoms with Gasteiger partial charge < -0.3 is 10.5 Å². The van der Waals surface area contributed by atoms with E-state index in [-0.39, 0.29) is 23.5 Å². The van der Waals surface area contributed by atoms with Gasteiger partial charge >= 0.3 is 6.09 Å². The van der Waals surface area contributed by atoms with Crippen LogP contribution in [0.3, 0.4) is 0 Å². The summed E-state index contributed by atoms with van der Waals surface area (Å²) >= 11 is 5.59. The van der Waals surface area contributed by atoms with Crippen molar-refractivity contribution >= 4 is 29.5 Å². The Morgan fingerprint density at radius 2 is 2.43 bits per heavy atom. The molecule has 1 heterocycles. The van der Waals surface area contributed by atoms with Crippen molar-refractivity contribution in [2.75, 3.05) is 17.7 Å². The fourth-order valence-electron chi connectivity index (χ4n) is 0.749. The number of aromatic nitrogens is 2. The average molecular weight is 217 g/mol. The van der Waals surface area contributed by atoms with Crippen molar-refractivity contribution in [1.82, 2.24) is 9.97 Å². The van der Waals surface area contributed by atoms with Crippen LogP contribution in [-0.2, 0) is 4.74 Å². The fourth-order valence-corrected chi connectivity index (χ4v) is 0.941. The van der Waals surface area contributed by atoms with Crippen molar-refractivity contribution in [3.8, 4) is 0 Å². The first-order valence-corrected chi connectivity index (χ1v) is 4.23. The van der Waals surface area contributed by atoms with Gasteiger partial charge in [0.1, 0.15) is 11.0 Å². The number of carbonyl (C=O) groups is 1. The number of halogens is 1. The van der Waals surface area contributed by atoms with Crippen LogP contribution in [0.25, 0.3) is 0 Å². The van der Waals surface area contributed by atoms with Crippen LogP contribution >= 0.6 is 11.6 Å². The third kappa shape index (κ3) is 3.06. The highest BCUT2D eigenvalue weighted by atomic mass is 35.5. The lowest BCUT2D eigenvalue weighted by atomic mass is 10.6. The molecule has 0 saturated carbocycles. The topological polar surface area (TPSA) is 90.1 Å². The van der Waals surface area contributed by atoms with Gasteiger partial charge in [-0.3, -0.25) is 5.32 Å². The molecule has 0 saturated heterocycles. The molecule has 0 atom stereocenters. The quantitative estimate of drug-likeness (QED) is 0.727. The third-order valence-electron chi connectivity index (χ3n) is 1.20. The summed E-state index contributed by atoms with van der Waals surface area (Å²) in [6.07, 6.45) is -0.644. The molecule has 0 radical (unpaired) electrons. The monoisotopic (exact) mass is 216 g/mol. The van der Waals surface area contributed by atoms with Crippen molar-refractivity contribution in [2.45, 2.75) is 6.92 Å². The second kappa shape index (κ2) is 4.61. The highest BCUT2D eigenvalue weighted by Crippen LogP contribution is 2.11. The minimum absolute atomic E-state index is 0.0217. The Morgan fingerprint density at radius 3 is 3.00 bits per heavy atom. The largest absolute Gasteiger partial charge is 0.450 e. The number of nitrogens with one attached hydrogen (secondary N) is 1. The van der Waals surface area contributed by atoms with E-state index in [1.54, 1.807) is 6.92 Å². The van der Waals surface area contributed by atoms with E-state index in [1.807, 2.05) is 0 Å². The van der Waals surface area contributed by atoms with Gasteiger partial charge in [-0.1, -0.05) is 11.6 Å². The average Bonchev–Trinajstić information content (AvgIpc) is 2.01. The van der Waals surface area contributed by atoms with E-state index in [2.05, 4.69) is 20.0 Å². The van der Waals surface area contributed by atoms with Crippen molar-refractivity contribution < 1.29 is 9.53 Å². The van der Waals surface area contributed by atoms with Crippen molar-refractivity contribution in [2.24, 2.45) is 0 Å². The second-order valence-electron chi connectivity index (χ2n) is 2.28. The maximum absolute atomic E-state index is 10.9. The molecule has 1 amide bonds. The highest BCUT2D eigenvalue weighted by molar-refractivity contribution is 6.29. The van der Waals surface area contributed by atoms with E-state index in [0.29, 0.717) is 0 Å². The summed E-state index contributed by atoms with van der Waals surface area (Å²) in [5.74, 6) is 0.199. The van der Waals surface area contributed by atoms with E-state index < -0.39 is 6.09 Å². The smallest absolute Gasteiger partial charge is 0.414 e.